The first-order valence-electron chi connectivity index (χ1n) is 5.81. The molecule has 0 atom stereocenters. The van der Waals surface area contributed by atoms with Gasteiger partial charge in [-0.25, -0.2) is 4.79 Å². The Morgan fingerprint density at radius 2 is 1.94 bits per heavy atom. The molecule has 0 aromatic rings. The molecule has 1 rings (SSSR count). The number of carbonyl (C=O) groups is 1. The van der Waals surface area contributed by atoms with E-state index in [9.17, 15) is 4.79 Å². The lowest BCUT2D eigenvalue weighted by Crippen LogP contribution is -2.36. The van der Waals surface area contributed by atoms with E-state index in [-0.39, 0.29) is 0 Å². The van der Waals surface area contributed by atoms with Gasteiger partial charge in [-0.05, 0) is 24.2 Å². The van der Waals surface area contributed by atoms with Crippen molar-refractivity contribution < 1.29 is 9.53 Å². The average molecular weight is 245 g/mol. The van der Waals surface area contributed by atoms with Crippen LogP contribution in [0.5, 0.6) is 0 Å². The first-order chi connectivity index (χ1) is 7.27. The zero-order valence-electron chi connectivity index (χ0n) is 10.4. The van der Waals surface area contributed by atoms with Crippen molar-refractivity contribution in [2.24, 2.45) is 11.3 Å². The minimum absolute atomic E-state index is 0.306. The Kier molecular flexibility index (Phi) is 4.06. The topological polar surface area (TPSA) is 26.3 Å². The number of carbonyl (C=O) groups excluding carboxylic acids is 1. The molecule has 0 bridgehead atoms. The van der Waals surface area contributed by atoms with Crippen molar-refractivity contribution in [3.63, 3.8) is 0 Å². The van der Waals surface area contributed by atoms with Gasteiger partial charge in [-0.2, -0.15) is 0 Å². The standard InChI is InChI=1S/C13H21ClO2/c1-5-11(15)16-13(14)8-6-10(7-9-13)12(2,3)4/h5,10H,1,6-9H2,2-4H3. The third kappa shape index (κ3) is 3.51. The van der Waals surface area contributed by atoms with Gasteiger partial charge in [0.2, 0.25) is 0 Å². The Hall–Kier alpha value is -0.500. The second kappa shape index (κ2) is 4.79. The van der Waals surface area contributed by atoms with Gasteiger partial charge in [0.05, 0.1) is 0 Å². The molecule has 3 heteroatoms. The van der Waals surface area contributed by atoms with Crippen LogP contribution >= 0.6 is 11.6 Å². The lowest BCUT2D eigenvalue weighted by molar-refractivity contribution is -0.149. The van der Waals surface area contributed by atoms with Gasteiger partial charge in [-0.1, -0.05) is 39.0 Å². The second-order valence-corrected chi connectivity index (χ2v) is 6.34. The Morgan fingerprint density at radius 3 is 2.31 bits per heavy atom. The molecule has 1 fully saturated rings. The van der Waals surface area contributed by atoms with E-state index in [1.54, 1.807) is 0 Å². The van der Waals surface area contributed by atoms with Crippen molar-refractivity contribution in [3.05, 3.63) is 12.7 Å². The summed E-state index contributed by atoms with van der Waals surface area (Å²) in [7, 11) is 0. The van der Waals surface area contributed by atoms with Crippen LogP contribution in [0, 0.1) is 11.3 Å². The van der Waals surface area contributed by atoms with Crippen molar-refractivity contribution in [3.8, 4) is 0 Å². The molecule has 0 aliphatic heterocycles. The minimum Gasteiger partial charge on any atom is -0.440 e. The van der Waals surface area contributed by atoms with E-state index in [2.05, 4.69) is 27.4 Å². The number of ether oxygens (including phenoxy) is 1. The fraction of sp³-hybridized carbons (Fsp3) is 0.769. The highest BCUT2D eigenvalue weighted by Crippen LogP contribution is 2.44. The molecule has 0 unspecified atom stereocenters. The molecule has 1 saturated carbocycles. The summed E-state index contributed by atoms with van der Waals surface area (Å²) in [5.74, 6) is 0.228. The lowest BCUT2D eigenvalue weighted by Gasteiger charge is -2.40. The number of halogens is 1. The third-order valence-electron chi connectivity index (χ3n) is 3.41. The average Bonchev–Trinajstić information content (AvgIpc) is 2.16. The summed E-state index contributed by atoms with van der Waals surface area (Å²) < 4.78 is 5.20. The zero-order valence-corrected chi connectivity index (χ0v) is 11.1. The molecule has 0 aromatic carbocycles. The van der Waals surface area contributed by atoms with Gasteiger partial charge < -0.3 is 4.74 Å². The van der Waals surface area contributed by atoms with E-state index in [0.717, 1.165) is 25.7 Å². The molecular formula is C13H21ClO2. The van der Waals surface area contributed by atoms with Crippen molar-refractivity contribution in [1.82, 2.24) is 0 Å². The maximum absolute atomic E-state index is 11.1. The summed E-state index contributed by atoms with van der Waals surface area (Å²) in [5.41, 5.74) is 0.306. The van der Waals surface area contributed by atoms with Gasteiger partial charge in [0.15, 0.2) is 5.06 Å². The summed E-state index contributed by atoms with van der Waals surface area (Å²) in [6, 6.07) is 0. The maximum Gasteiger partial charge on any atom is 0.331 e. The largest absolute Gasteiger partial charge is 0.440 e. The SMILES string of the molecule is C=CC(=O)OC1(Cl)CCC(C(C)(C)C)CC1. The minimum atomic E-state index is -0.799. The smallest absolute Gasteiger partial charge is 0.331 e. The Balaban J connectivity index is 2.53. The van der Waals surface area contributed by atoms with Crippen LogP contribution in [0.1, 0.15) is 46.5 Å². The zero-order chi connectivity index (χ0) is 12.4. The van der Waals surface area contributed by atoms with Crippen LogP contribution in [0.15, 0.2) is 12.7 Å². The Bertz CT molecular complexity index is 270. The molecule has 16 heavy (non-hydrogen) atoms. The van der Waals surface area contributed by atoms with E-state index in [1.807, 2.05) is 0 Å². The van der Waals surface area contributed by atoms with Crippen LogP contribution in [-0.2, 0) is 9.53 Å². The van der Waals surface area contributed by atoms with Crippen LogP contribution in [0.2, 0.25) is 0 Å². The molecule has 0 N–H and O–H groups in total. The highest BCUT2D eigenvalue weighted by atomic mass is 35.5. The van der Waals surface area contributed by atoms with E-state index in [1.165, 1.54) is 6.08 Å². The molecule has 0 radical (unpaired) electrons. The molecule has 1 aliphatic rings. The predicted molar refractivity (Wildman–Crippen MR) is 66.3 cm³/mol. The number of rotatable bonds is 2. The van der Waals surface area contributed by atoms with Crippen molar-refractivity contribution in [2.75, 3.05) is 0 Å². The van der Waals surface area contributed by atoms with Crippen molar-refractivity contribution in [1.29, 1.82) is 0 Å². The van der Waals surface area contributed by atoms with Crippen LogP contribution in [0.3, 0.4) is 0 Å². The van der Waals surface area contributed by atoms with Gasteiger partial charge in [0.25, 0.3) is 0 Å². The van der Waals surface area contributed by atoms with Crippen molar-refractivity contribution in [2.45, 2.75) is 51.5 Å². The van der Waals surface area contributed by atoms with E-state index < -0.39 is 11.0 Å². The second-order valence-electron chi connectivity index (χ2n) is 5.65. The summed E-state index contributed by atoms with van der Waals surface area (Å²) in [4.78, 5) is 11.1. The molecule has 1 aliphatic carbocycles. The summed E-state index contributed by atoms with van der Waals surface area (Å²) >= 11 is 6.27. The number of hydrogen-bond acceptors (Lipinski definition) is 2. The molecule has 0 amide bonds. The third-order valence-corrected chi connectivity index (χ3v) is 3.86. The molecule has 0 heterocycles. The monoisotopic (exact) mass is 244 g/mol. The van der Waals surface area contributed by atoms with E-state index in [0.29, 0.717) is 11.3 Å². The first-order valence-corrected chi connectivity index (χ1v) is 6.19. The molecular weight excluding hydrogens is 224 g/mol. The quantitative estimate of drug-likeness (QED) is 0.419. The highest BCUT2D eigenvalue weighted by Gasteiger charge is 2.39. The molecule has 0 saturated heterocycles. The highest BCUT2D eigenvalue weighted by molar-refractivity contribution is 6.23. The van der Waals surface area contributed by atoms with Gasteiger partial charge in [0.1, 0.15) is 0 Å². The van der Waals surface area contributed by atoms with E-state index in [4.69, 9.17) is 16.3 Å². The molecule has 2 nitrogen and oxygen atoms in total. The summed E-state index contributed by atoms with van der Waals surface area (Å²) in [5, 5.41) is -0.799. The summed E-state index contributed by atoms with van der Waals surface area (Å²) in [6.07, 6.45) is 4.65. The van der Waals surface area contributed by atoms with Crippen LogP contribution in [0.25, 0.3) is 0 Å². The number of esters is 1. The first kappa shape index (κ1) is 13.6. The fourth-order valence-electron chi connectivity index (χ4n) is 2.24. The predicted octanol–water partition coefficient (Wildman–Crippen LogP) is 3.89. The molecule has 0 spiro atoms. The lowest BCUT2D eigenvalue weighted by atomic mass is 9.71. The van der Waals surface area contributed by atoms with Gasteiger partial charge in [-0.15, -0.1) is 0 Å². The number of alkyl halides is 1. The normalized spacial score (nSPS) is 30.9. The molecule has 92 valence electrons. The Labute approximate surface area is 103 Å². The van der Waals surface area contributed by atoms with Crippen LogP contribution in [0.4, 0.5) is 0 Å². The van der Waals surface area contributed by atoms with Gasteiger partial charge in [-0.3, -0.25) is 0 Å². The number of hydrogen-bond donors (Lipinski definition) is 0. The summed E-state index contributed by atoms with van der Waals surface area (Å²) in [6.45, 7) is 10.1. The maximum atomic E-state index is 11.1. The van der Waals surface area contributed by atoms with Crippen LogP contribution in [-0.4, -0.2) is 11.0 Å². The molecule has 0 aromatic heterocycles. The van der Waals surface area contributed by atoms with Gasteiger partial charge in [0, 0.05) is 18.9 Å². The fourth-order valence-corrected chi connectivity index (χ4v) is 2.53. The Morgan fingerprint density at radius 1 is 1.44 bits per heavy atom. The van der Waals surface area contributed by atoms with Gasteiger partial charge >= 0.3 is 5.97 Å². The van der Waals surface area contributed by atoms with Crippen molar-refractivity contribution >= 4 is 17.6 Å². The van der Waals surface area contributed by atoms with E-state index >= 15 is 0 Å². The van der Waals surface area contributed by atoms with Crippen LogP contribution < -0.4 is 0 Å².